The van der Waals surface area contributed by atoms with Gasteiger partial charge in [-0.3, -0.25) is 0 Å². The molecule has 0 N–H and O–H groups in total. The first-order valence-corrected chi connectivity index (χ1v) is 3.33. The van der Waals surface area contributed by atoms with Gasteiger partial charge in [0.15, 0.2) is 0 Å². The van der Waals surface area contributed by atoms with Crippen LogP contribution >= 0.6 is 11.5 Å². The van der Waals surface area contributed by atoms with E-state index in [2.05, 4.69) is 22.5 Å². The Bertz CT molecular complexity index is 164. The minimum atomic E-state index is 0. The predicted octanol–water partition coefficient (Wildman–Crippen LogP) is 1.95. The largest absolute Gasteiger partial charge is 0.225 e. The average Bonchev–Trinajstić information content (AvgIpc) is 2.20. The normalized spacial score (nSPS) is 6.36. The van der Waals surface area contributed by atoms with Gasteiger partial charge in [0.25, 0.3) is 0 Å². The smallest absolute Gasteiger partial charge is 0.139 e. The van der Waals surface area contributed by atoms with Crippen LogP contribution in [0.2, 0.25) is 0 Å². The topological polar surface area (TPSA) is 25.8 Å². The van der Waals surface area contributed by atoms with E-state index in [1.54, 1.807) is 0 Å². The summed E-state index contributed by atoms with van der Waals surface area (Å²) >= 11 is 1.44. The van der Waals surface area contributed by atoms with E-state index in [-0.39, 0.29) is 39.6 Å². The van der Waals surface area contributed by atoms with Crippen LogP contribution in [0.4, 0.5) is 0 Å². The van der Waals surface area contributed by atoms with E-state index in [0.29, 0.717) is 0 Å². The maximum absolute atomic E-state index is 4.02. The summed E-state index contributed by atoms with van der Waals surface area (Å²) in [5.41, 5.74) is 0. The number of aromatic nitrogens is 2. The third-order valence-electron chi connectivity index (χ3n) is 0.629. The zero-order valence-corrected chi connectivity index (χ0v) is 11.7. The van der Waals surface area contributed by atoms with Gasteiger partial charge in [0.2, 0.25) is 0 Å². The second-order valence-corrected chi connectivity index (χ2v) is 2.32. The maximum atomic E-state index is 4.02. The van der Waals surface area contributed by atoms with E-state index >= 15 is 0 Å². The summed E-state index contributed by atoms with van der Waals surface area (Å²) in [7, 11) is 0. The number of nitrogens with zero attached hydrogens (tertiary/aromatic N) is 2. The zero-order valence-electron chi connectivity index (χ0n) is 6.57. The second kappa shape index (κ2) is 10.6. The van der Waals surface area contributed by atoms with Gasteiger partial charge in [-0.15, -0.1) is 13.2 Å². The minimum absolute atomic E-state index is 0. The zero-order chi connectivity index (χ0) is 7.28. The molecule has 0 bridgehead atoms. The van der Waals surface area contributed by atoms with Gasteiger partial charge in [0.05, 0.1) is 0 Å². The Hall–Kier alpha value is 0.573. The second-order valence-electron chi connectivity index (χ2n) is 1.36. The number of hydrogen-bond donors (Lipinski definition) is 0. The van der Waals surface area contributed by atoms with Gasteiger partial charge in [-0.25, -0.2) is 4.98 Å². The molecule has 1 heterocycles. The first kappa shape index (κ1) is 17.6. The fraction of sp³-hybridized carbons (Fsp3) is 0.333. The van der Waals surface area contributed by atoms with Crippen LogP contribution in [-0.4, -0.2) is 9.36 Å². The summed E-state index contributed by atoms with van der Waals surface area (Å²) < 4.78 is 3.95. The Morgan fingerprint density at radius 3 is 1.82 bits per heavy atom. The molecule has 0 spiro atoms. The van der Waals surface area contributed by atoms with Crippen LogP contribution in [0.1, 0.15) is 10.8 Å². The molecule has 0 aliphatic rings. The van der Waals surface area contributed by atoms with Crippen LogP contribution in [0.15, 0.2) is 13.2 Å². The molecule has 1 rings (SSSR count). The molecule has 1 radical (unpaired) electrons. The van der Waals surface area contributed by atoms with E-state index in [9.17, 15) is 0 Å². The predicted molar refractivity (Wildman–Crippen MR) is 40.6 cm³/mol. The SMILES string of the molecule is C=C.Cc1nsc(C)n1.[V].[W]. The molecule has 0 aromatic carbocycles. The van der Waals surface area contributed by atoms with Gasteiger partial charge >= 0.3 is 0 Å². The molecular weight excluding hydrogens is 367 g/mol. The molecule has 0 atom stereocenters. The summed E-state index contributed by atoms with van der Waals surface area (Å²) in [4.78, 5) is 4.02. The van der Waals surface area contributed by atoms with E-state index < -0.39 is 0 Å². The van der Waals surface area contributed by atoms with Crippen LogP contribution in [0.25, 0.3) is 0 Å². The van der Waals surface area contributed by atoms with Crippen LogP contribution in [0, 0.1) is 13.8 Å². The number of hydrogen-bond acceptors (Lipinski definition) is 3. The number of rotatable bonds is 0. The van der Waals surface area contributed by atoms with Gasteiger partial charge in [-0.2, -0.15) is 4.37 Å². The van der Waals surface area contributed by atoms with Gasteiger partial charge in [0.1, 0.15) is 10.8 Å². The minimum Gasteiger partial charge on any atom is -0.225 e. The number of aryl methyl sites for hydroxylation is 2. The Labute approximate surface area is 97.8 Å². The molecule has 1 aromatic rings. The van der Waals surface area contributed by atoms with Gasteiger partial charge in [0, 0.05) is 39.6 Å². The maximum Gasteiger partial charge on any atom is 0.139 e. The van der Waals surface area contributed by atoms with Crippen molar-refractivity contribution in [3.8, 4) is 0 Å². The monoisotopic (exact) mass is 377 g/mol. The van der Waals surface area contributed by atoms with Gasteiger partial charge in [-0.1, -0.05) is 0 Å². The summed E-state index contributed by atoms with van der Waals surface area (Å²) in [5.74, 6) is 0.877. The van der Waals surface area contributed by atoms with Crippen molar-refractivity contribution in [3.63, 3.8) is 0 Å². The van der Waals surface area contributed by atoms with Crippen molar-refractivity contribution in [1.29, 1.82) is 0 Å². The van der Waals surface area contributed by atoms with Crippen molar-refractivity contribution in [2.75, 3.05) is 0 Å². The van der Waals surface area contributed by atoms with Crippen molar-refractivity contribution in [3.05, 3.63) is 24.0 Å². The molecule has 1 aromatic heterocycles. The van der Waals surface area contributed by atoms with Crippen molar-refractivity contribution in [1.82, 2.24) is 9.36 Å². The summed E-state index contributed by atoms with van der Waals surface area (Å²) in [6.07, 6.45) is 0. The fourth-order valence-corrected chi connectivity index (χ4v) is 0.879. The Kier molecular flexibility index (Phi) is 16.9. The average molecular weight is 377 g/mol. The molecule has 61 valence electrons. The molecule has 0 amide bonds. The molecule has 0 aliphatic carbocycles. The fourth-order valence-electron chi connectivity index (χ4n) is 0.401. The summed E-state index contributed by atoms with van der Waals surface area (Å²) in [6, 6.07) is 0. The van der Waals surface area contributed by atoms with E-state index in [4.69, 9.17) is 0 Å². The van der Waals surface area contributed by atoms with Gasteiger partial charge < -0.3 is 0 Å². The van der Waals surface area contributed by atoms with Gasteiger partial charge in [-0.05, 0) is 25.4 Å². The first-order valence-electron chi connectivity index (χ1n) is 2.56. The van der Waals surface area contributed by atoms with Crippen LogP contribution < -0.4 is 0 Å². The van der Waals surface area contributed by atoms with E-state index in [1.807, 2.05) is 13.8 Å². The molecule has 0 unspecified atom stereocenters. The van der Waals surface area contributed by atoms with Crippen LogP contribution in [0.5, 0.6) is 0 Å². The standard InChI is InChI=1S/C4H6N2S.C2H4.V.W/c1-3-5-4(2)7-6-3;1-2;;/h1-2H3;1-2H2;;. The third kappa shape index (κ3) is 8.48. The third-order valence-corrected chi connectivity index (χ3v) is 1.34. The molecular formula is C6H10N2SVW. The van der Waals surface area contributed by atoms with Crippen molar-refractivity contribution in [2.45, 2.75) is 13.8 Å². The molecule has 5 heteroatoms. The van der Waals surface area contributed by atoms with Crippen molar-refractivity contribution >= 4 is 11.5 Å². The molecule has 0 fully saturated rings. The van der Waals surface area contributed by atoms with Crippen LogP contribution in [0.3, 0.4) is 0 Å². The molecule has 0 saturated heterocycles. The Morgan fingerprint density at radius 2 is 1.73 bits per heavy atom. The first-order chi connectivity index (χ1) is 4.29. The molecule has 0 aliphatic heterocycles. The molecule has 11 heavy (non-hydrogen) atoms. The molecule has 0 saturated carbocycles. The summed E-state index contributed by atoms with van der Waals surface area (Å²) in [6.45, 7) is 9.84. The van der Waals surface area contributed by atoms with Crippen molar-refractivity contribution < 1.29 is 39.6 Å². The van der Waals surface area contributed by atoms with Crippen LogP contribution in [-0.2, 0) is 39.6 Å². The van der Waals surface area contributed by atoms with Crippen molar-refractivity contribution in [2.24, 2.45) is 0 Å². The molecule has 2 nitrogen and oxygen atoms in total. The summed E-state index contributed by atoms with van der Waals surface area (Å²) in [5, 5.41) is 1.04. The van der Waals surface area contributed by atoms with E-state index in [0.717, 1.165) is 10.8 Å². The quantitative estimate of drug-likeness (QED) is 0.647. The Morgan fingerprint density at radius 1 is 1.27 bits per heavy atom. The van der Waals surface area contributed by atoms with E-state index in [1.165, 1.54) is 11.5 Å². The Balaban J connectivity index is -0.000000149.